The van der Waals surface area contributed by atoms with E-state index in [4.69, 9.17) is 4.74 Å². The predicted octanol–water partition coefficient (Wildman–Crippen LogP) is 2.62. The molecule has 1 saturated carbocycles. The van der Waals surface area contributed by atoms with Crippen molar-refractivity contribution in [1.29, 1.82) is 0 Å². The van der Waals surface area contributed by atoms with E-state index in [9.17, 15) is 4.79 Å². The highest BCUT2D eigenvalue weighted by Crippen LogP contribution is 2.50. The van der Waals surface area contributed by atoms with Gasteiger partial charge in [-0.15, -0.1) is 0 Å². The third-order valence-electron chi connectivity index (χ3n) is 6.72. The first kappa shape index (κ1) is 17.9. The van der Waals surface area contributed by atoms with Gasteiger partial charge in [0.05, 0.1) is 0 Å². The molecule has 2 aliphatic heterocycles. The molecule has 4 rings (SSSR count). The zero-order valence-electron chi connectivity index (χ0n) is 15.7. The molecule has 26 heavy (non-hydrogen) atoms. The number of rotatable bonds is 5. The summed E-state index contributed by atoms with van der Waals surface area (Å²) in [7, 11) is 0. The fourth-order valence-electron chi connectivity index (χ4n) is 5.22. The maximum Gasteiger partial charge on any atom is 0.223 e. The lowest BCUT2D eigenvalue weighted by molar-refractivity contribution is -0.128. The average Bonchev–Trinajstić information content (AvgIpc) is 3.28. The topological polar surface area (TPSA) is 54.5 Å². The van der Waals surface area contributed by atoms with Crippen LogP contribution in [0.2, 0.25) is 0 Å². The Morgan fingerprint density at radius 3 is 3.00 bits per heavy atom. The van der Waals surface area contributed by atoms with Crippen LogP contribution in [-0.2, 0) is 16.1 Å². The monoisotopic (exact) mass is 357 g/mol. The van der Waals surface area contributed by atoms with Gasteiger partial charge in [0, 0.05) is 51.2 Å². The number of nitrogens with zero attached hydrogens (tertiary/aromatic N) is 2. The van der Waals surface area contributed by atoms with Crippen molar-refractivity contribution in [3.63, 3.8) is 0 Å². The fourth-order valence-corrected chi connectivity index (χ4v) is 5.22. The van der Waals surface area contributed by atoms with Gasteiger partial charge in [-0.3, -0.25) is 14.7 Å². The number of aromatic nitrogens is 1. The van der Waals surface area contributed by atoms with Crippen LogP contribution < -0.4 is 5.32 Å². The van der Waals surface area contributed by atoms with Crippen LogP contribution >= 0.6 is 0 Å². The number of hydrogen-bond donors (Lipinski definition) is 1. The Morgan fingerprint density at radius 1 is 1.31 bits per heavy atom. The molecule has 0 bridgehead atoms. The van der Waals surface area contributed by atoms with Crippen LogP contribution in [0.1, 0.15) is 44.1 Å². The van der Waals surface area contributed by atoms with Gasteiger partial charge in [0.1, 0.15) is 0 Å². The standard InChI is InChI=1S/C21H31N3O2/c25-20(23-14-17-5-11-26-12-6-17)19-4-1-7-21(19)8-10-24(16-21)15-18-3-2-9-22-13-18/h2-3,9,13,17,19H,1,4-8,10-12,14-16H2,(H,23,25)/t19-,21-/m1/s1. The number of ether oxygens (including phenoxy) is 1. The molecule has 3 aliphatic rings. The molecule has 0 radical (unpaired) electrons. The number of carbonyl (C=O) groups excluding carboxylic acids is 1. The molecule has 5 heteroatoms. The minimum Gasteiger partial charge on any atom is -0.381 e. The molecule has 1 aromatic rings. The normalized spacial score (nSPS) is 30.1. The molecule has 1 spiro atoms. The van der Waals surface area contributed by atoms with Crippen LogP contribution in [-0.4, -0.2) is 48.6 Å². The van der Waals surface area contributed by atoms with Gasteiger partial charge < -0.3 is 10.1 Å². The Hall–Kier alpha value is -1.46. The zero-order valence-corrected chi connectivity index (χ0v) is 15.7. The molecule has 3 fully saturated rings. The van der Waals surface area contributed by atoms with Crippen molar-refractivity contribution in [3.8, 4) is 0 Å². The van der Waals surface area contributed by atoms with E-state index in [1.54, 1.807) is 0 Å². The minimum absolute atomic E-state index is 0.196. The number of hydrogen-bond acceptors (Lipinski definition) is 4. The van der Waals surface area contributed by atoms with Crippen molar-refractivity contribution in [2.45, 2.75) is 45.1 Å². The van der Waals surface area contributed by atoms with Gasteiger partial charge >= 0.3 is 0 Å². The predicted molar refractivity (Wildman–Crippen MR) is 100 cm³/mol. The maximum atomic E-state index is 12.9. The molecule has 2 saturated heterocycles. The van der Waals surface area contributed by atoms with Gasteiger partial charge in [0.2, 0.25) is 5.91 Å². The number of nitrogens with one attached hydrogen (secondary N) is 1. The highest BCUT2D eigenvalue weighted by atomic mass is 16.5. The summed E-state index contributed by atoms with van der Waals surface area (Å²) in [5.41, 5.74) is 1.46. The third kappa shape index (κ3) is 3.94. The van der Waals surface area contributed by atoms with Crippen LogP contribution in [0.5, 0.6) is 0 Å². The van der Waals surface area contributed by atoms with Crippen LogP contribution in [0.15, 0.2) is 24.5 Å². The summed E-state index contributed by atoms with van der Waals surface area (Å²) in [5.74, 6) is 1.09. The van der Waals surface area contributed by atoms with Crippen molar-refractivity contribution in [1.82, 2.24) is 15.2 Å². The van der Waals surface area contributed by atoms with Crippen LogP contribution in [0, 0.1) is 17.3 Å². The molecule has 5 nitrogen and oxygen atoms in total. The minimum atomic E-state index is 0.196. The van der Waals surface area contributed by atoms with Crippen molar-refractivity contribution >= 4 is 5.91 Å². The second-order valence-electron chi connectivity index (χ2n) is 8.43. The van der Waals surface area contributed by atoms with Gasteiger partial charge in [-0.25, -0.2) is 0 Å². The van der Waals surface area contributed by atoms with Crippen LogP contribution in [0.3, 0.4) is 0 Å². The number of amides is 1. The van der Waals surface area contributed by atoms with Gasteiger partial charge in [-0.1, -0.05) is 12.5 Å². The summed E-state index contributed by atoms with van der Waals surface area (Å²) in [6.45, 7) is 5.62. The Labute approximate surface area is 156 Å². The van der Waals surface area contributed by atoms with E-state index in [2.05, 4.69) is 21.3 Å². The molecule has 1 aliphatic carbocycles. The lowest BCUT2D eigenvalue weighted by atomic mass is 9.76. The fraction of sp³-hybridized carbons (Fsp3) is 0.714. The average molecular weight is 357 g/mol. The molecule has 3 heterocycles. The summed E-state index contributed by atoms with van der Waals surface area (Å²) in [6.07, 6.45) is 10.5. The summed E-state index contributed by atoms with van der Waals surface area (Å²) >= 11 is 0. The quantitative estimate of drug-likeness (QED) is 0.880. The van der Waals surface area contributed by atoms with E-state index < -0.39 is 0 Å². The van der Waals surface area contributed by atoms with Crippen molar-refractivity contribution in [2.24, 2.45) is 17.3 Å². The molecule has 0 aromatic carbocycles. The molecular weight excluding hydrogens is 326 g/mol. The maximum absolute atomic E-state index is 12.9. The molecule has 0 unspecified atom stereocenters. The van der Waals surface area contributed by atoms with Gasteiger partial charge in [0.25, 0.3) is 0 Å². The van der Waals surface area contributed by atoms with Crippen molar-refractivity contribution in [3.05, 3.63) is 30.1 Å². The van der Waals surface area contributed by atoms with Gasteiger partial charge in [0.15, 0.2) is 0 Å². The van der Waals surface area contributed by atoms with Crippen molar-refractivity contribution in [2.75, 3.05) is 32.8 Å². The Bertz CT molecular complexity index is 603. The van der Waals surface area contributed by atoms with E-state index in [0.717, 1.165) is 65.1 Å². The van der Waals surface area contributed by atoms with Crippen LogP contribution in [0.25, 0.3) is 0 Å². The van der Waals surface area contributed by atoms with Gasteiger partial charge in [-0.2, -0.15) is 0 Å². The molecule has 1 amide bonds. The van der Waals surface area contributed by atoms with E-state index in [1.807, 2.05) is 18.5 Å². The lowest BCUT2D eigenvalue weighted by Gasteiger charge is -2.31. The first-order valence-electron chi connectivity index (χ1n) is 10.2. The highest BCUT2D eigenvalue weighted by molar-refractivity contribution is 5.80. The first-order valence-corrected chi connectivity index (χ1v) is 10.2. The molecule has 1 N–H and O–H groups in total. The lowest BCUT2D eigenvalue weighted by Crippen LogP contribution is -2.42. The smallest absolute Gasteiger partial charge is 0.223 e. The first-order chi connectivity index (χ1) is 12.8. The zero-order chi connectivity index (χ0) is 17.8. The third-order valence-corrected chi connectivity index (χ3v) is 6.72. The summed E-state index contributed by atoms with van der Waals surface area (Å²) in [6, 6.07) is 4.15. The van der Waals surface area contributed by atoms with E-state index in [0.29, 0.717) is 11.8 Å². The van der Waals surface area contributed by atoms with Crippen molar-refractivity contribution < 1.29 is 9.53 Å². The highest BCUT2D eigenvalue weighted by Gasteiger charge is 2.50. The second-order valence-corrected chi connectivity index (χ2v) is 8.43. The Kier molecular flexibility index (Phi) is 5.55. The largest absolute Gasteiger partial charge is 0.381 e. The van der Waals surface area contributed by atoms with Crippen LogP contribution in [0.4, 0.5) is 0 Å². The summed E-state index contributed by atoms with van der Waals surface area (Å²) < 4.78 is 5.42. The summed E-state index contributed by atoms with van der Waals surface area (Å²) in [4.78, 5) is 19.7. The molecule has 1 aromatic heterocycles. The Morgan fingerprint density at radius 2 is 2.19 bits per heavy atom. The second kappa shape index (κ2) is 8.05. The SMILES string of the molecule is O=C(NCC1CCOCC1)[C@H]1CCC[C@]12CCN(Cc1cccnc1)C2. The number of pyridine rings is 1. The number of carbonyl (C=O) groups is 1. The van der Waals surface area contributed by atoms with E-state index >= 15 is 0 Å². The Balaban J connectivity index is 1.33. The van der Waals surface area contributed by atoms with Gasteiger partial charge in [-0.05, 0) is 61.6 Å². The summed E-state index contributed by atoms with van der Waals surface area (Å²) in [5, 5.41) is 3.29. The molecule has 142 valence electrons. The number of likely N-dealkylation sites (tertiary alicyclic amines) is 1. The molecule has 2 atom stereocenters. The van der Waals surface area contributed by atoms with E-state index in [-0.39, 0.29) is 11.3 Å². The van der Waals surface area contributed by atoms with E-state index in [1.165, 1.54) is 18.4 Å². The molecular formula is C21H31N3O2.